The van der Waals surface area contributed by atoms with E-state index in [0.29, 0.717) is 6.42 Å². The average Bonchev–Trinajstić information content (AvgIpc) is 2.27. The molecule has 0 heterocycles. The molecule has 1 atom stereocenters. The van der Waals surface area contributed by atoms with E-state index in [2.05, 4.69) is 26.1 Å². The number of rotatable bonds is 8. The first-order valence-electron chi connectivity index (χ1n) is 7.15. The number of benzene rings is 1. The molecule has 108 valence electrons. The van der Waals surface area contributed by atoms with Gasteiger partial charge in [-0.3, -0.25) is 0 Å². The van der Waals surface area contributed by atoms with Gasteiger partial charge in [0.1, 0.15) is 11.6 Å². The third-order valence-electron chi connectivity index (χ3n) is 3.39. The SMILES string of the molecule is CCCNCC(C)(CCC)Cc1cc(F)cc(F)c1. The molecule has 0 spiro atoms. The van der Waals surface area contributed by atoms with E-state index >= 15 is 0 Å². The molecule has 0 aliphatic rings. The van der Waals surface area contributed by atoms with Crippen molar-refractivity contribution in [3.05, 3.63) is 35.4 Å². The smallest absolute Gasteiger partial charge is 0.126 e. The van der Waals surface area contributed by atoms with E-state index in [4.69, 9.17) is 0 Å². The molecule has 1 unspecified atom stereocenters. The molecule has 0 aromatic heterocycles. The second-order valence-corrected chi connectivity index (χ2v) is 5.69. The summed E-state index contributed by atoms with van der Waals surface area (Å²) in [4.78, 5) is 0. The fraction of sp³-hybridized carbons (Fsp3) is 0.625. The van der Waals surface area contributed by atoms with Crippen molar-refractivity contribution in [1.29, 1.82) is 0 Å². The number of hydrogen-bond donors (Lipinski definition) is 1. The van der Waals surface area contributed by atoms with Gasteiger partial charge >= 0.3 is 0 Å². The molecule has 0 saturated carbocycles. The molecule has 1 rings (SSSR count). The van der Waals surface area contributed by atoms with E-state index < -0.39 is 11.6 Å². The predicted octanol–water partition coefficient (Wildman–Crippen LogP) is 4.31. The van der Waals surface area contributed by atoms with Crippen LogP contribution in [0.4, 0.5) is 8.78 Å². The number of nitrogens with one attached hydrogen (secondary N) is 1. The minimum absolute atomic E-state index is 0.0458. The summed E-state index contributed by atoms with van der Waals surface area (Å²) in [6.45, 7) is 8.32. The van der Waals surface area contributed by atoms with E-state index in [-0.39, 0.29) is 5.41 Å². The molecule has 1 nitrogen and oxygen atoms in total. The van der Waals surface area contributed by atoms with Crippen LogP contribution < -0.4 is 5.32 Å². The van der Waals surface area contributed by atoms with Crippen LogP contribution in [0.15, 0.2) is 18.2 Å². The van der Waals surface area contributed by atoms with Crippen molar-refractivity contribution in [1.82, 2.24) is 5.32 Å². The maximum absolute atomic E-state index is 13.2. The van der Waals surface area contributed by atoms with Gasteiger partial charge < -0.3 is 5.32 Å². The van der Waals surface area contributed by atoms with Crippen molar-refractivity contribution in [2.24, 2.45) is 5.41 Å². The summed E-state index contributed by atoms with van der Waals surface area (Å²) in [5.74, 6) is -0.981. The highest BCUT2D eigenvalue weighted by molar-refractivity contribution is 5.19. The maximum Gasteiger partial charge on any atom is 0.126 e. The Hall–Kier alpha value is -0.960. The quantitative estimate of drug-likeness (QED) is 0.693. The van der Waals surface area contributed by atoms with Crippen molar-refractivity contribution >= 4 is 0 Å². The fourth-order valence-corrected chi connectivity index (χ4v) is 2.62. The third-order valence-corrected chi connectivity index (χ3v) is 3.39. The van der Waals surface area contributed by atoms with Gasteiger partial charge in [-0.25, -0.2) is 8.78 Å². The van der Waals surface area contributed by atoms with Crippen molar-refractivity contribution in [2.45, 2.75) is 46.5 Å². The van der Waals surface area contributed by atoms with Crippen LogP contribution in [-0.2, 0) is 6.42 Å². The molecule has 0 aliphatic carbocycles. The Kier molecular flexibility index (Phi) is 6.43. The molecule has 1 aromatic carbocycles. The first-order valence-corrected chi connectivity index (χ1v) is 7.15. The summed E-state index contributed by atoms with van der Waals surface area (Å²) in [6.07, 6.45) is 3.91. The van der Waals surface area contributed by atoms with Crippen LogP contribution in [0.2, 0.25) is 0 Å². The predicted molar refractivity (Wildman–Crippen MR) is 76.2 cm³/mol. The van der Waals surface area contributed by atoms with Crippen LogP contribution in [0.25, 0.3) is 0 Å². The lowest BCUT2D eigenvalue weighted by Gasteiger charge is -2.30. The minimum atomic E-state index is -0.490. The van der Waals surface area contributed by atoms with Gasteiger partial charge in [-0.15, -0.1) is 0 Å². The van der Waals surface area contributed by atoms with E-state index in [1.807, 2.05) is 0 Å². The highest BCUT2D eigenvalue weighted by Crippen LogP contribution is 2.28. The molecular formula is C16H25F2N. The molecule has 1 aromatic rings. The van der Waals surface area contributed by atoms with Gasteiger partial charge in [0.2, 0.25) is 0 Å². The summed E-state index contributed by atoms with van der Waals surface area (Å²) in [7, 11) is 0. The Balaban J connectivity index is 2.75. The van der Waals surface area contributed by atoms with Gasteiger partial charge in [-0.2, -0.15) is 0 Å². The number of halogens is 2. The van der Waals surface area contributed by atoms with Crippen LogP contribution in [0.1, 0.15) is 45.6 Å². The Morgan fingerprint density at radius 2 is 1.68 bits per heavy atom. The second kappa shape index (κ2) is 7.59. The van der Waals surface area contributed by atoms with Crippen molar-refractivity contribution < 1.29 is 8.78 Å². The Morgan fingerprint density at radius 1 is 1.05 bits per heavy atom. The lowest BCUT2D eigenvalue weighted by Crippen LogP contribution is -2.34. The monoisotopic (exact) mass is 269 g/mol. The summed E-state index contributed by atoms with van der Waals surface area (Å²) < 4.78 is 26.5. The van der Waals surface area contributed by atoms with Crippen molar-refractivity contribution in [3.8, 4) is 0 Å². The van der Waals surface area contributed by atoms with Crippen molar-refractivity contribution in [3.63, 3.8) is 0 Å². The molecule has 0 bridgehead atoms. The van der Waals surface area contributed by atoms with Gasteiger partial charge in [0.25, 0.3) is 0 Å². The first kappa shape index (κ1) is 16.1. The standard InChI is InChI=1S/C16H25F2N/c1-4-6-16(3,12-19-7-5-2)11-13-8-14(17)10-15(18)9-13/h8-10,19H,4-7,11-12H2,1-3H3. The molecule has 0 aliphatic heterocycles. The van der Waals surface area contributed by atoms with Gasteiger partial charge in [0.05, 0.1) is 0 Å². The highest BCUT2D eigenvalue weighted by atomic mass is 19.1. The maximum atomic E-state index is 13.2. The lowest BCUT2D eigenvalue weighted by atomic mass is 9.79. The van der Waals surface area contributed by atoms with Crippen LogP contribution in [0.5, 0.6) is 0 Å². The fourth-order valence-electron chi connectivity index (χ4n) is 2.62. The Labute approximate surface area is 115 Å². The minimum Gasteiger partial charge on any atom is -0.316 e. The summed E-state index contributed by atoms with van der Waals surface area (Å²) in [6, 6.07) is 3.81. The summed E-state index contributed by atoms with van der Waals surface area (Å²) in [5.41, 5.74) is 0.788. The zero-order chi connectivity index (χ0) is 14.3. The van der Waals surface area contributed by atoms with Crippen LogP contribution in [0, 0.1) is 17.0 Å². The van der Waals surface area contributed by atoms with Crippen LogP contribution >= 0.6 is 0 Å². The van der Waals surface area contributed by atoms with E-state index in [9.17, 15) is 8.78 Å². The first-order chi connectivity index (χ1) is 8.99. The van der Waals surface area contributed by atoms with Gasteiger partial charge in [-0.05, 0) is 48.9 Å². The number of hydrogen-bond acceptors (Lipinski definition) is 1. The topological polar surface area (TPSA) is 12.0 Å². The van der Waals surface area contributed by atoms with Crippen molar-refractivity contribution in [2.75, 3.05) is 13.1 Å². The molecule has 3 heteroatoms. The molecule has 19 heavy (non-hydrogen) atoms. The highest BCUT2D eigenvalue weighted by Gasteiger charge is 2.23. The van der Waals surface area contributed by atoms with Crippen LogP contribution in [0.3, 0.4) is 0 Å². The Morgan fingerprint density at radius 3 is 2.21 bits per heavy atom. The zero-order valence-electron chi connectivity index (χ0n) is 12.2. The third kappa shape index (κ3) is 5.68. The zero-order valence-corrected chi connectivity index (χ0v) is 12.2. The van der Waals surface area contributed by atoms with E-state index in [0.717, 1.165) is 44.0 Å². The molecule has 0 radical (unpaired) electrons. The Bertz CT molecular complexity index is 372. The second-order valence-electron chi connectivity index (χ2n) is 5.69. The van der Waals surface area contributed by atoms with Crippen LogP contribution in [-0.4, -0.2) is 13.1 Å². The molecule has 0 saturated heterocycles. The largest absolute Gasteiger partial charge is 0.316 e. The molecule has 0 fully saturated rings. The van der Waals surface area contributed by atoms with Gasteiger partial charge in [0.15, 0.2) is 0 Å². The average molecular weight is 269 g/mol. The lowest BCUT2D eigenvalue weighted by molar-refractivity contribution is 0.275. The van der Waals surface area contributed by atoms with Gasteiger partial charge in [-0.1, -0.05) is 27.2 Å². The normalized spacial score (nSPS) is 14.4. The van der Waals surface area contributed by atoms with E-state index in [1.54, 1.807) is 0 Å². The van der Waals surface area contributed by atoms with Gasteiger partial charge in [0, 0.05) is 12.6 Å². The summed E-state index contributed by atoms with van der Waals surface area (Å²) >= 11 is 0. The molecule has 1 N–H and O–H groups in total. The molecular weight excluding hydrogens is 244 g/mol. The molecule has 0 amide bonds. The summed E-state index contributed by atoms with van der Waals surface area (Å²) in [5, 5.41) is 3.42. The van der Waals surface area contributed by atoms with E-state index in [1.165, 1.54) is 12.1 Å².